The highest BCUT2D eigenvalue weighted by molar-refractivity contribution is 9.09. The van der Waals surface area contributed by atoms with E-state index in [1.807, 2.05) is 0 Å². The summed E-state index contributed by atoms with van der Waals surface area (Å²) in [5, 5.41) is 2.13. The van der Waals surface area contributed by atoms with Crippen LogP contribution in [0.25, 0.3) is 0 Å². The minimum absolute atomic E-state index is 0.621. The van der Waals surface area contributed by atoms with E-state index in [-0.39, 0.29) is 0 Å². The largest absolute Gasteiger partial charge is 0.0970 e. The van der Waals surface area contributed by atoms with Crippen LogP contribution in [0.15, 0.2) is 18.2 Å². The van der Waals surface area contributed by atoms with Crippen LogP contribution in [0.2, 0.25) is 10.0 Å². The van der Waals surface area contributed by atoms with Crippen LogP contribution in [-0.4, -0.2) is 5.33 Å². The smallest absolute Gasteiger partial charge is 0.0433 e. The molecule has 3 heteroatoms. The first-order valence-electron chi connectivity index (χ1n) is 3.73. The van der Waals surface area contributed by atoms with E-state index in [4.69, 9.17) is 23.2 Å². The first-order chi connectivity index (χ1) is 6.22. The molecule has 0 nitrogen and oxygen atoms in total. The highest BCUT2D eigenvalue weighted by atomic mass is 79.9. The summed E-state index contributed by atoms with van der Waals surface area (Å²) in [5.41, 5.74) is 0.860. The zero-order valence-corrected chi connectivity index (χ0v) is 9.88. The highest BCUT2D eigenvalue weighted by Gasteiger charge is 1.94. The van der Waals surface area contributed by atoms with Gasteiger partial charge in [0, 0.05) is 27.4 Å². The highest BCUT2D eigenvalue weighted by Crippen LogP contribution is 2.18. The summed E-state index contributed by atoms with van der Waals surface area (Å²) in [7, 11) is 0. The Kier molecular flexibility index (Phi) is 4.66. The molecule has 0 fully saturated rings. The van der Waals surface area contributed by atoms with Crippen molar-refractivity contribution in [2.75, 3.05) is 5.33 Å². The lowest BCUT2D eigenvalue weighted by molar-refractivity contribution is 1.32. The van der Waals surface area contributed by atoms with Gasteiger partial charge in [-0.05, 0) is 18.2 Å². The van der Waals surface area contributed by atoms with Crippen molar-refractivity contribution in [1.82, 2.24) is 0 Å². The molecule has 0 heterocycles. The second-order valence-corrected chi connectivity index (χ2v) is 4.06. The summed E-state index contributed by atoms with van der Waals surface area (Å²) in [6.45, 7) is 0. The number of alkyl halides is 1. The summed E-state index contributed by atoms with van der Waals surface area (Å²) < 4.78 is 0. The minimum atomic E-state index is 0.621. The van der Waals surface area contributed by atoms with Crippen molar-refractivity contribution in [2.24, 2.45) is 0 Å². The maximum absolute atomic E-state index is 5.80. The lowest BCUT2D eigenvalue weighted by Gasteiger charge is -1.94. The predicted octanol–water partition coefficient (Wildman–Crippen LogP) is 4.13. The molecule has 0 saturated carbocycles. The molecule has 0 aliphatic carbocycles. The van der Waals surface area contributed by atoms with Crippen molar-refractivity contribution in [3.8, 4) is 11.8 Å². The van der Waals surface area contributed by atoms with Crippen molar-refractivity contribution in [3.05, 3.63) is 33.8 Å². The maximum Gasteiger partial charge on any atom is 0.0433 e. The minimum Gasteiger partial charge on any atom is -0.0970 e. The van der Waals surface area contributed by atoms with Crippen molar-refractivity contribution in [1.29, 1.82) is 0 Å². The average Bonchev–Trinajstić information content (AvgIpc) is 2.03. The zero-order chi connectivity index (χ0) is 9.68. The van der Waals surface area contributed by atoms with E-state index in [1.54, 1.807) is 18.2 Å². The van der Waals surface area contributed by atoms with Crippen molar-refractivity contribution < 1.29 is 0 Å². The summed E-state index contributed by atoms with van der Waals surface area (Å²) >= 11 is 14.9. The van der Waals surface area contributed by atoms with E-state index >= 15 is 0 Å². The zero-order valence-electron chi connectivity index (χ0n) is 6.78. The van der Waals surface area contributed by atoms with Crippen LogP contribution in [0.4, 0.5) is 0 Å². The second-order valence-electron chi connectivity index (χ2n) is 2.40. The van der Waals surface area contributed by atoms with Gasteiger partial charge in [-0.2, -0.15) is 0 Å². The van der Waals surface area contributed by atoms with Crippen LogP contribution in [-0.2, 0) is 0 Å². The van der Waals surface area contributed by atoms with E-state index in [9.17, 15) is 0 Å². The van der Waals surface area contributed by atoms with Gasteiger partial charge in [0.15, 0.2) is 0 Å². The SMILES string of the molecule is Clc1cc(Cl)cc(C#CCCBr)c1. The van der Waals surface area contributed by atoms with Crippen LogP contribution >= 0.6 is 39.1 Å². The second kappa shape index (κ2) is 5.54. The normalized spacial score (nSPS) is 9.15. The molecule has 1 rings (SSSR count). The first kappa shape index (κ1) is 10.9. The van der Waals surface area contributed by atoms with Crippen molar-refractivity contribution >= 4 is 39.1 Å². The number of hydrogen-bond donors (Lipinski definition) is 0. The molecular weight excluding hydrogens is 271 g/mol. The quantitative estimate of drug-likeness (QED) is 0.535. The lowest BCUT2D eigenvalue weighted by Crippen LogP contribution is -1.75. The molecule has 0 aliphatic heterocycles. The van der Waals surface area contributed by atoms with Crippen LogP contribution in [0.5, 0.6) is 0 Å². The van der Waals surface area contributed by atoms with E-state index in [2.05, 4.69) is 27.8 Å². The van der Waals surface area contributed by atoms with Gasteiger partial charge in [-0.3, -0.25) is 0 Å². The van der Waals surface area contributed by atoms with E-state index < -0.39 is 0 Å². The van der Waals surface area contributed by atoms with Gasteiger partial charge in [0.2, 0.25) is 0 Å². The fourth-order valence-electron chi connectivity index (χ4n) is 0.838. The van der Waals surface area contributed by atoms with E-state index in [1.165, 1.54) is 0 Å². The van der Waals surface area contributed by atoms with Gasteiger partial charge in [0.1, 0.15) is 0 Å². The van der Waals surface area contributed by atoms with Gasteiger partial charge in [0.05, 0.1) is 0 Å². The number of rotatable bonds is 1. The monoisotopic (exact) mass is 276 g/mol. The molecule has 0 aliphatic rings. The van der Waals surface area contributed by atoms with E-state index in [0.29, 0.717) is 10.0 Å². The molecule has 0 spiro atoms. The van der Waals surface area contributed by atoms with Gasteiger partial charge in [0.25, 0.3) is 0 Å². The Morgan fingerprint density at radius 2 is 1.77 bits per heavy atom. The van der Waals surface area contributed by atoms with Crippen molar-refractivity contribution in [2.45, 2.75) is 6.42 Å². The molecule has 0 saturated heterocycles. The molecule has 0 aromatic heterocycles. The predicted molar refractivity (Wildman–Crippen MR) is 61.8 cm³/mol. The molecule has 0 radical (unpaired) electrons. The van der Waals surface area contributed by atoms with Gasteiger partial charge in [-0.1, -0.05) is 51.0 Å². The fraction of sp³-hybridized carbons (Fsp3) is 0.200. The Hall–Kier alpha value is -0.160. The number of halogens is 3. The molecule has 0 amide bonds. The molecular formula is C10H7BrCl2. The third-order valence-electron chi connectivity index (χ3n) is 1.31. The third-order valence-corrected chi connectivity index (χ3v) is 2.15. The molecule has 13 heavy (non-hydrogen) atoms. The Bertz CT molecular complexity index is 329. The van der Waals surface area contributed by atoms with Gasteiger partial charge >= 0.3 is 0 Å². The van der Waals surface area contributed by atoms with Crippen LogP contribution in [0.1, 0.15) is 12.0 Å². The molecule has 68 valence electrons. The molecule has 0 unspecified atom stereocenters. The number of benzene rings is 1. The summed E-state index contributed by atoms with van der Waals surface area (Å²) in [5.74, 6) is 5.97. The van der Waals surface area contributed by atoms with Crippen LogP contribution < -0.4 is 0 Å². The Morgan fingerprint density at radius 1 is 1.15 bits per heavy atom. The fourth-order valence-corrected chi connectivity index (χ4v) is 1.56. The summed E-state index contributed by atoms with van der Waals surface area (Å²) in [6, 6.07) is 5.29. The standard InChI is InChI=1S/C10H7BrCl2/c11-4-2-1-3-8-5-9(12)7-10(13)6-8/h5-7H,2,4H2. The maximum atomic E-state index is 5.80. The van der Waals surface area contributed by atoms with Gasteiger partial charge in [-0.25, -0.2) is 0 Å². The molecule has 1 aromatic carbocycles. The van der Waals surface area contributed by atoms with Gasteiger partial charge in [-0.15, -0.1) is 0 Å². The Labute approximate surface area is 96.4 Å². The topological polar surface area (TPSA) is 0 Å². The average molecular weight is 278 g/mol. The molecule has 0 bridgehead atoms. The van der Waals surface area contributed by atoms with Crippen molar-refractivity contribution in [3.63, 3.8) is 0 Å². The third kappa shape index (κ3) is 4.04. The Morgan fingerprint density at radius 3 is 2.31 bits per heavy atom. The van der Waals surface area contributed by atoms with E-state index in [0.717, 1.165) is 17.3 Å². The molecule has 1 aromatic rings. The lowest BCUT2D eigenvalue weighted by atomic mass is 10.2. The number of hydrogen-bond acceptors (Lipinski definition) is 0. The summed E-state index contributed by atoms with van der Waals surface area (Å²) in [4.78, 5) is 0. The Balaban J connectivity index is 2.85. The van der Waals surface area contributed by atoms with Crippen LogP contribution in [0, 0.1) is 11.8 Å². The summed E-state index contributed by atoms with van der Waals surface area (Å²) in [6.07, 6.45) is 0.824. The first-order valence-corrected chi connectivity index (χ1v) is 5.61. The molecule has 0 atom stereocenters. The van der Waals surface area contributed by atoms with Gasteiger partial charge < -0.3 is 0 Å². The van der Waals surface area contributed by atoms with Crippen LogP contribution in [0.3, 0.4) is 0 Å². The molecule has 0 N–H and O–H groups in total.